The van der Waals surface area contributed by atoms with E-state index in [-0.39, 0.29) is 5.54 Å². The van der Waals surface area contributed by atoms with Crippen molar-refractivity contribution in [2.75, 3.05) is 26.2 Å². The van der Waals surface area contributed by atoms with Crippen LogP contribution in [0.4, 0.5) is 0 Å². The van der Waals surface area contributed by atoms with Crippen LogP contribution in [0.1, 0.15) is 47.5 Å². The summed E-state index contributed by atoms with van der Waals surface area (Å²) >= 11 is 0. The van der Waals surface area contributed by atoms with Gasteiger partial charge in [0.15, 0.2) is 0 Å². The number of nitrogens with zero attached hydrogens (tertiary/aromatic N) is 1. The van der Waals surface area contributed by atoms with Gasteiger partial charge in [0.05, 0.1) is 0 Å². The second-order valence-electron chi connectivity index (χ2n) is 6.75. The van der Waals surface area contributed by atoms with E-state index in [2.05, 4.69) is 44.8 Å². The Labute approximate surface area is 95.4 Å². The average molecular weight is 212 g/mol. The van der Waals surface area contributed by atoms with Gasteiger partial charge in [-0.1, -0.05) is 13.8 Å². The average Bonchev–Trinajstić information content (AvgIpc) is 2.52. The summed E-state index contributed by atoms with van der Waals surface area (Å²) in [7, 11) is 0. The van der Waals surface area contributed by atoms with Crippen molar-refractivity contribution in [3.8, 4) is 0 Å². The maximum Gasteiger partial charge on any atom is 0.00967 e. The summed E-state index contributed by atoms with van der Waals surface area (Å²) < 4.78 is 0. The summed E-state index contributed by atoms with van der Waals surface area (Å²) in [5.74, 6) is 0. The highest BCUT2D eigenvalue weighted by molar-refractivity contribution is 4.82. The van der Waals surface area contributed by atoms with Crippen LogP contribution in [0.25, 0.3) is 0 Å². The Balaban J connectivity index is 2.30. The van der Waals surface area contributed by atoms with Gasteiger partial charge in [-0.05, 0) is 52.1 Å². The van der Waals surface area contributed by atoms with Crippen molar-refractivity contribution in [3.05, 3.63) is 0 Å². The summed E-state index contributed by atoms with van der Waals surface area (Å²) in [5, 5.41) is 3.61. The molecule has 0 atom stereocenters. The number of likely N-dealkylation sites (tertiary alicyclic amines) is 1. The molecule has 2 nitrogen and oxygen atoms in total. The molecule has 1 aliphatic heterocycles. The van der Waals surface area contributed by atoms with Crippen molar-refractivity contribution in [3.63, 3.8) is 0 Å². The van der Waals surface area contributed by atoms with Crippen LogP contribution < -0.4 is 5.32 Å². The van der Waals surface area contributed by atoms with Crippen LogP contribution in [0.15, 0.2) is 0 Å². The van der Waals surface area contributed by atoms with Gasteiger partial charge in [0.25, 0.3) is 0 Å². The topological polar surface area (TPSA) is 15.3 Å². The summed E-state index contributed by atoms with van der Waals surface area (Å²) in [5.41, 5.74) is 0.625. The zero-order chi connectivity index (χ0) is 11.5. The monoisotopic (exact) mass is 212 g/mol. The molecule has 2 heteroatoms. The minimum absolute atomic E-state index is 0.238. The first-order chi connectivity index (χ1) is 6.79. The molecule has 1 rings (SSSR count). The van der Waals surface area contributed by atoms with E-state index in [1.807, 2.05) is 0 Å². The molecule has 0 unspecified atom stereocenters. The third kappa shape index (κ3) is 5.53. The maximum absolute atomic E-state index is 3.61. The first-order valence-corrected chi connectivity index (χ1v) is 6.26. The van der Waals surface area contributed by atoms with Crippen molar-refractivity contribution < 1.29 is 0 Å². The lowest BCUT2D eigenvalue weighted by Crippen LogP contribution is -2.45. The van der Waals surface area contributed by atoms with Gasteiger partial charge in [0, 0.05) is 18.6 Å². The summed E-state index contributed by atoms with van der Waals surface area (Å²) in [6, 6.07) is 0. The third-order valence-corrected chi connectivity index (χ3v) is 2.95. The SMILES string of the molecule is CC(C)(CNC(C)(C)C)CN1CCCC1. The van der Waals surface area contributed by atoms with Crippen LogP contribution in [0.2, 0.25) is 0 Å². The van der Waals surface area contributed by atoms with E-state index < -0.39 is 0 Å². The van der Waals surface area contributed by atoms with Crippen LogP contribution in [0.5, 0.6) is 0 Å². The van der Waals surface area contributed by atoms with Crippen LogP contribution in [0.3, 0.4) is 0 Å². The standard InChI is InChI=1S/C13H28N2/c1-12(2,3)14-10-13(4,5)11-15-8-6-7-9-15/h14H,6-11H2,1-5H3. The van der Waals surface area contributed by atoms with Crippen LogP contribution in [-0.2, 0) is 0 Å². The smallest absolute Gasteiger partial charge is 0.00967 e. The summed E-state index contributed by atoms with van der Waals surface area (Å²) in [6.07, 6.45) is 2.78. The van der Waals surface area contributed by atoms with Gasteiger partial charge in [0.2, 0.25) is 0 Å². The largest absolute Gasteiger partial charge is 0.311 e. The second kappa shape index (κ2) is 4.84. The first kappa shape index (κ1) is 13.0. The zero-order valence-corrected chi connectivity index (χ0v) is 11.2. The molecule has 1 heterocycles. The normalized spacial score (nSPS) is 19.8. The lowest BCUT2D eigenvalue weighted by molar-refractivity contribution is 0.191. The Kier molecular flexibility index (Phi) is 4.19. The van der Waals surface area contributed by atoms with Gasteiger partial charge >= 0.3 is 0 Å². The highest BCUT2D eigenvalue weighted by Crippen LogP contribution is 2.20. The molecule has 15 heavy (non-hydrogen) atoms. The fraction of sp³-hybridized carbons (Fsp3) is 1.00. The Bertz CT molecular complexity index is 185. The Morgan fingerprint density at radius 3 is 2.00 bits per heavy atom. The lowest BCUT2D eigenvalue weighted by Gasteiger charge is -2.33. The zero-order valence-electron chi connectivity index (χ0n) is 11.2. The van der Waals surface area contributed by atoms with Gasteiger partial charge in [-0.3, -0.25) is 0 Å². The Morgan fingerprint density at radius 1 is 1.00 bits per heavy atom. The highest BCUT2D eigenvalue weighted by Gasteiger charge is 2.25. The molecule has 0 radical (unpaired) electrons. The molecule has 0 bridgehead atoms. The fourth-order valence-corrected chi connectivity index (χ4v) is 2.11. The molecule has 1 N–H and O–H groups in total. The highest BCUT2D eigenvalue weighted by atomic mass is 15.1. The van der Waals surface area contributed by atoms with Crippen molar-refractivity contribution in [2.24, 2.45) is 5.41 Å². The first-order valence-electron chi connectivity index (χ1n) is 6.26. The molecule has 0 aromatic carbocycles. The van der Waals surface area contributed by atoms with Gasteiger partial charge < -0.3 is 10.2 Å². The summed E-state index contributed by atoms with van der Waals surface area (Å²) in [4.78, 5) is 2.60. The van der Waals surface area contributed by atoms with E-state index >= 15 is 0 Å². The molecule has 0 amide bonds. The number of rotatable bonds is 4. The molecule has 0 saturated carbocycles. The molecular weight excluding hydrogens is 184 g/mol. The van der Waals surface area contributed by atoms with E-state index in [9.17, 15) is 0 Å². The van der Waals surface area contributed by atoms with Crippen LogP contribution >= 0.6 is 0 Å². The lowest BCUT2D eigenvalue weighted by atomic mass is 9.91. The fourth-order valence-electron chi connectivity index (χ4n) is 2.11. The number of hydrogen-bond acceptors (Lipinski definition) is 2. The van der Waals surface area contributed by atoms with E-state index in [0.717, 1.165) is 6.54 Å². The molecule has 90 valence electrons. The minimum Gasteiger partial charge on any atom is -0.311 e. The number of nitrogens with one attached hydrogen (secondary N) is 1. The van der Waals surface area contributed by atoms with Crippen molar-refractivity contribution in [1.82, 2.24) is 10.2 Å². The molecule has 0 aliphatic carbocycles. The van der Waals surface area contributed by atoms with E-state index in [0.29, 0.717) is 5.41 Å². The summed E-state index contributed by atoms with van der Waals surface area (Å²) in [6.45, 7) is 16.4. The second-order valence-corrected chi connectivity index (χ2v) is 6.75. The van der Waals surface area contributed by atoms with Crippen LogP contribution in [0, 0.1) is 5.41 Å². The van der Waals surface area contributed by atoms with E-state index in [1.54, 1.807) is 0 Å². The van der Waals surface area contributed by atoms with Crippen molar-refractivity contribution in [1.29, 1.82) is 0 Å². The van der Waals surface area contributed by atoms with Crippen molar-refractivity contribution in [2.45, 2.75) is 53.0 Å². The Morgan fingerprint density at radius 2 is 1.53 bits per heavy atom. The molecule has 0 spiro atoms. The quantitative estimate of drug-likeness (QED) is 0.770. The Hall–Kier alpha value is -0.0800. The van der Waals surface area contributed by atoms with Gasteiger partial charge in [0.1, 0.15) is 0 Å². The van der Waals surface area contributed by atoms with Crippen molar-refractivity contribution >= 4 is 0 Å². The molecule has 1 saturated heterocycles. The molecule has 1 fully saturated rings. The van der Waals surface area contributed by atoms with E-state index in [1.165, 1.54) is 32.5 Å². The molecule has 0 aromatic heterocycles. The predicted octanol–water partition coefficient (Wildman–Crippen LogP) is 2.50. The van der Waals surface area contributed by atoms with Gasteiger partial charge in [-0.2, -0.15) is 0 Å². The molecular formula is C13H28N2. The van der Waals surface area contributed by atoms with E-state index in [4.69, 9.17) is 0 Å². The van der Waals surface area contributed by atoms with Gasteiger partial charge in [-0.15, -0.1) is 0 Å². The predicted molar refractivity (Wildman–Crippen MR) is 67.2 cm³/mol. The third-order valence-electron chi connectivity index (χ3n) is 2.95. The van der Waals surface area contributed by atoms with Gasteiger partial charge in [-0.25, -0.2) is 0 Å². The maximum atomic E-state index is 3.61. The van der Waals surface area contributed by atoms with Crippen LogP contribution in [-0.4, -0.2) is 36.6 Å². The number of hydrogen-bond donors (Lipinski definition) is 1. The molecule has 1 aliphatic rings. The minimum atomic E-state index is 0.238. The molecule has 0 aromatic rings.